The fraction of sp³-hybridized carbons (Fsp3) is 0.600. The summed E-state index contributed by atoms with van der Waals surface area (Å²) in [6.45, 7) is 2.27. The fourth-order valence-corrected chi connectivity index (χ4v) is 4.96. The van der Waals surface area contributed by atoms with E-state index in [4.69, 9.17) is 0 Å². The van der Waals surface area contributed by atoms with Crippen molar-refractivity contribution in [3.05, 3.63) is 21.0 Å². The molecule has 0 fully saturated rings. The standard InChI is InChI=1S/C8H11.2CH3.Zr/c1-2-5-8-6-3-4-7-8;;;/h3,6H,2,4-5H2,1H3;2*1H3;. The first-order valence-electron chi connectivity index (χ1n) is 4.44. The molecule has 0 aliphatic heterocycles. The van der Waals surface area contributed by atoms with Crippen molar-refractivity contribution in [3.63, 3.8) is 0 Å². The molecular weight excluding hydrogens is 211 g/mol. The molecule has 0 aromatic carbocycles. The van der Waals surface area contributed by atoms with Gasteiger partial charge in [-0.1, -0.05) is 0 Å². The molecule has 0 aromatic rings. The van der Waals surface area contributed by atoms with Crippen LogP contribution in [0.25, 0.3) is 0 Å². The molecular formula is C10H17Zr. The average Bonchev–Trinajstić information content (AvgIpc) is 2.36. The zero-order chi connectivity index (χ0) is 8.27. The Morgan fingerprint density at radius 1 is 1.45 bits per heavy atom. The number of hydrogen-bond donors (Lipinski definition) is 0. The molecule has 0 spiro atoms. The van der Waals surface area contributed by atoms with Gasteiger partial charge in [0.2, 0.25) is 0 Å². The van der Waals surface area contributed by atoms with Gasteiger partial charge in [0.1, 0.15) is 0 Å². The Labute approximate surface area is 78.1 Å². The minimum absolute atomic E-state index is 1.01. The molecule has 0 saturated carbocycles. The molecule has 0 atom stereocenters. The van der Waals surface area contributed by atoms with Crippen LogP contribution in [0.2, 0.25) is 9.26 Å². The van der Waals surface area contributed by atoms with Crippen LogP contribution in [0.1, 0.15) is 26.2 Å². The van der Waals surface area contributed by atoms with Crippen LogP contribution in [0.4, 0.5) is 0 Å². The van der Waals surface area contributed by atoms with Gasteiger partial charge in [0.15, 0.2) is 0 Å². The topological polar surface area (TPSA) is 0 Å². The first-order chi connectivity index (χ1) is 5.25. The van der Waals surface area contributed by atoms with Crippen molar-refractivity contribution in [2.75, 3.05) is 0 Å². The molecule has 1 rings (SSSR count). The van der Waals surface area contributed by atoms with E-state index in [0.29, 0.717) is 0 Å². The summed E-state index contributed by atoms with van der Waals surface area (Å²) in [7, 11) is 0. The summed E-state index contributed by atoms with van der Waals surface area (Å²) >= 11 is -1.01. The van der Waals surface area contributed by atoms with E-state index in [1.165, 1.54) is 19.3 Å². The van der Waals surface area contributed by atoms with Crippen molar-refractivity contribution in [2.45, 2.75) is 35.4 Å². The molecule has 0 radical (unpaired) electrons. The molecule has 0 heterocycles. The van der Waals surface area contributed by atoms with Gasteiger partial charge in [0, 0.05) is 0 Å². The summed E-state index contributed by atoms with van der Waals surface area (Å²) in [5, 5.41) is 0. The van der Waals surface area contributed by atoms with E-state index in [0.717, 1.165) is 0 Å². The molecule has 0 aromatic heterocycles. The number of allylic oxidation sites excluding steroid dienone is 4. The van der Waals surface area contributed by atoms with Crippen LogP contribution in [0.3, 0.4) is 0 Å². The SMILES string of the molecule is CCCC1=[C]([Zr]([CH3])[CH3])CC=C1. The summed E-state index contributed by atoms with van der Waals surface area (Å²) in [4.78, 5) is 0. The van der Waals surface area contributed by atoms with E-state index in [-0.39, 0.29) is 0 Å². The van der Waals surface area contributed by atoms with Crippen LogP contribution in [-0.4, -0.2) is 0 Å². The monoisotopic (exact) mass is 227 g/mol. The third-order valence-corrected chi connectivity index (χ3v) is 6.41. The van der Waals surface area contributed by atoms with Crippen molar-refractivity contribution in [1.29, 1.82) is 0 Å². The van der Waals surface area contributed by atoms with Gasteiger partial charge in [0.25, 0.3) is 0 Å². The van der Waals surface area contributed by atoms with Gasteiger partial charge in [-0.3, -0.25) is 0 Å². The summed E-state index contributed by atoms with van der Waals surface area (Å²) in [5.74, 6) is 0. The molecule has 0 saturated heterocycles. The van der Waals surface area contributed by atoms with E-state index in [1.54, 1.807) is 5.57 Å². The maximum atomic E-state index is 2.49. The van der Waals surface area contributed by atoms with E-state index < -0.39 is 21.8 Å². The van der Waals surface area contributed by atoms with Crippen LogP contribution < -0.4 is 0 Å². The molecule has 11 heavy (non-hydrogen) atoms. The minimum atomic E-state index is -1.01. The summed E-state index contributed by atoms with van der Waals surface area (Å²) in [6.07, 6.45) is 8.61. The summed E-state index contributed by atoms with van der Waals surface area (Å²) in [5.41, 5.74) is 1.69. The van der Waals surface area contributed by atoms with Crippen molar-refractivity contribution >= 4 is 0 Å². The third-order valence-electron chi connectivity index (χ3n) is 2.15. The van der Waals surface area contributed by atoms with E-state index in [9.17, 15) is 0 Å². The Morgan fingerprint density at radius 3 is 2.73 bits per heavy atom. The first-order valence-corrected chi connectivity index (χ1v) is 10.6. The van der Waals surface area contributed by atoms with E-state index in [2.05, 4.69) is 28.3 Å². The van der Waals surface area contributed by atoms with Crippen molar-refractivity contribution in [2.24, 2.45) is 0 Å². The Hall–Kier alpha value is 0.363. The van der Waals surface area contributed by atoms with E-state index >= 15 is 0 Å². The van der Waals surface area contributed by atoms with Gasteiger partial charge >= 0.3 is 78.2 Å². The number of hydrogen-bond acceptors (Lipinski definition) is 0. The number of rotatable bonds is 3. The summed E-state index contributed by atoms with van der Waals surface area (Å²) in [6, 6.07) is 0. The van der Waals surface area contributed by atoms with E-state index in [1.807, 2.05) is 3.28 Å². The molecule has 0 bridgehead atoms. The molecule has 0 nitrogen and oxygen atoms in total. The molecule has 1 aliphatic carbocycles. The van der Waals surface area contributed by atoms with Gasteiger partial charge in [-0.15, -0.1) is 0 Å². The van der Waals surface area contributed by atoms with Gasteiger partial charge in [0.05, 0.1) is 0 Å². The second kappa shape index (κ2) is 4.40. The Kier molecular flexibility index (Phi) is 3.78. The van der Waals surface area contributed by atoms with Gasteiger partial charge in [-0.25, -0.2) is 0 Å². The zero-order valence-corrected chi connectivity index (χ0v) is 10.2. The van der Waals surface area contributed by atoms with Crippen LogP contribution in [0.15, 0.2) is 21.0 Å². The van der Waals surface area contributed by atoms with Crippen LogP contribution in [-0.2, 0) is 21.8 Å². The second-order valence-corrected chi connectivity index (χ2v) is 9.76. The Morgan fingerprint density at radius 2 is 2.18 bits per heavy atom. The van der Waals surface area contributed by atoms with Gasteiger partial charge in [-0.05, 0) is 0 Å². The normalized spacial score (nSPS) is 16.3. The van der Waals surface area contributed by atoms with Crippen molar-refractivity contribution < 1.29 is 21.8 Å². The molecule has 0 N–H and O–H groups in total. The molecule has 1 heteroatoms. The van der Waals surface area contributed by atoms with Crippen LogP contribution in [0.5, 0.6) is 0 Å². The van der Waals surface area contributed by atoms with Crippen molar-refractivity contribution in [1.82, 2.24) is 0 Å². The Balaban J connectivity index is 2.67. The quantitative estimate of drug-likeness (QED) is 0.691. The van der Waals surface area contributed by atoms with Crippen LogP contribution in [0, 0.1) is 0 Å². The fourth-order valence-electron chi connectivity index (χ4n) is 1.58. The van der Waals surface area contributed by atoms with Gasteiger partial charge in [-0.2, -0.15) is 0 Å². The maximum absolute atomic E-state index is 2.49. The second-order valence-electron chi connectivity index (χ2n) is 3.36. The Bertz CT molecular complexity index is 187. The van der Waals surface area contributed by atoms with Crippen molar-refractivity contribution in [3.8, 4) is 0 Å². The zero-order valence-electron chi connectivity index (χ0n) is 7.78. The molecule has 61 valence electrons. The summed E-state index contributed by atoms with van der Waals surface area (Å²) < 4.78 is 6.83. The third kappa shape index (κ3) is 2.40. The molecule has 0 amide bonds. The first kappa shape index (κ1) is 9.45. The average molecular weight is 228 g/mol. The predicted octanol–water partition coefficient (Wildman–Crippen LogP) is 3.71. The van der Waals surface area contributed by atoms with Gasteiger partial charge < -0.3 is 0 Å². The molecule has 0 unspecified atom stereocenters. The molecule has 1 aliphatic rings. The predicted molar refractivity (Wildman–Crippen MR) is 47.4 cm³/mol. The van der Waals surface area contributed by atoms with Crippen LogP contribution >= 0.6 is 0 Å².